The van der Waals surface area contributed by atoms with Gasteiger partial charge in [-0.2, -0.15) is 0 Å². The molecular weight excluding hydrogens is 423 g/mol. The molecule has 3 aromatic carbocycles. The van der Waals surface area contributed by atoms with Gasteiger partial charge in [0.1, 0.15) is 11.2 Å². The minimum atomic E-state index is -0.458. The Bertz CT molecular complexity index is 1150. The van der Waals surface area contributed by atoms with Gasteiger partial charge in [-0.1, -0.05) is 51.1 Å². The maximum atomic E-state index is 13.4. The van der Waals surface area contributed by atoms with Crippen molar-refractivity contribution in [1.82, 2.24) is 0 Å². The third-order valence-corrected chi connectivity index (χ3v) is 6.61. The first-order valence-corrected chi connectivity index (χ1v) is 11.5. The lowest BCUT2D eigenvalue weighted by Crippen LogP contribution is -2.28. The van der Waals surface area contributed by atoms with Crippen LogP contribution in [-0.4, -0.2) is 17.6 Å². The Morgan fingerprint density at radius 3 is 2.44 bits per heavy atom. The molecule has 4 rings (SSSR count). The molecule has 2 amide bonds. The van der Waals surface area contributed by atoms with Crippen LogP contribution in [0.25, 0.3) is 0 Å². The average Bonchev–Trinajstić information content (AvgIpc) is 3.15. The second kappa shape index (κ2) is 8.79. The van der Waals surface area contributed by atoms with Gasteiger partial charge in [0.05, 0.1) is 5.75 Å². The van der Waals surface area contributed by atoms with Gasteiger partial charge in [0.2, 0.25) is 5.91 Å². The number of thioether (sulfide) groups is 1. The van der Waals surface area contributed by atoms with Crippen LogP contribution in [0.3, 0.4) is 0 Å². The zero-order chi connectivity index (χ0) is 22.9. The van der Waals surface area contributed by atoms with Crippen LogP contribution in [0.5, 0.6) is 0 Å². The van der Waals surface area contributed by atoms with Crippen LogP contribution < -0.4 is 10.2 Å². The molecule has 0 unspecified atom stereocenters. The van der Waals surface area contributed by atoms with Gasteiger partial charge in [-0.15, -0.1) is 11.8 Å². The quantitative estimate of drug-likeness (QED) is 0.520. The molecule has 32 heavy (non-hydrogen) atoms. The van der Waals surface area contributed by atoms with Crippen molar-refractivity contribution >= 4 is 35.0 Å². The molecule has 4 nitrogen and oxygen atoms in total. The Morgan fingerprint density at radius 1 is 1.03 bits per heavy atom. The molecule has 1 heterocycles. The normalized spacial score (nSPS) is 16.3. The van der Waals surface area contributed by atoms with E-state index in [1.807, 2.05) is 35.2 Å². The lowest BCUT2D eigenvalue weighted by molar-refractivity contribution is -0.115. The Hall–Kier alpha value is -3.12. The van der Waals surface area contributed by atoms with Crippen molar-refractivity contribution in [3.8, 4) is 0 Å². The molecule has 1 saturated heterocycles. The monoisotopic (exact) mass is 448 g/mol. The molecule has 0 saturated carbocycles. The first-order valence-electron chi connectivity index (χ1n) is 10.4. The van der Waals surface area contributed by atoms with Crippen molar-refractivity contribution in [1.29, 1.82) is 0 Å². The molecule has 1 aliphatic rings. The topological polar surface area (TPSA) is 49.4 Å². The molecule has 0 radical (unpaired) electrons. The first kappa shape index (κ1) is 22.1. The zero-order valence-electron chi connectivity index (χ0n) is 18.3. The van der Waals surface area contributed by atoms with Crippen molar-refractivity contribution in [3.63, 3.8) is 0 Å². The van der Waals surface area contributed by atoms with Gasteiger partial charge in [-0.05, 0) is 59.0 Å². The zero-order valence-corrected chi connectivity index (χ0v) is 19.1. The van der Waals surface area contributed by atoms with Crippen molar-refractivity contribution in [2.24, 2.45) is 0 Å². The highest BCUT2D eigenvalue weighted by Crippen LogP contribution is 2.42. The van der Waals surface area contributed by atoms with Crippen LogP contribution in [0.4, 0.5) is 15.8 Å². The van der Waals surface area contributed by atoms with E-state index in [0.29, 0.717) is 11.4 Å². The van der Waals surface area contributed by atoms with Crippen molar-refractivity contribution in [3.05, 3.63) is 95.3 Å². The Balaban J connectivity index is 1.57. The number of carbonyl (C=O) groups is 2. The fraction of sp³-hybridized carbons (Fsp3) is 0.231. The van der Waals surface area contributed by atoms with Gasteiger partial charge in [0.25, 0.3) is 5.91 Å². The fourth-order valence-electron chi connectivity index (χ4n) is 3.67. The van der Waals surface area contributed by atoms with Crippen molar-refractivity contribution in [2.45, 2.75) is 31.6 Å². The van der Waals surface area contributed by atoms with E-state index >= 15 is 0 Å². The van der Waals surface area contributed by atoms with E-state index in [1.165, 1.54) is 23.8 Å². The molecule has 1 atom stereocenters. The molecule has 0 aliphatic carbocycles. The van der Waals surface area contributed by atoms with Crippen LogP contribution >= 0.6 is 11.8 Å². The highest BCUT2D eigenvalue weighted by molar-refractivity contribution is 8.00. The number of nitrogens with zero attached hydrogens (tertiary/aromatic N) is 1. The van der Waals surface area contributed by atoms with Gasteiger partial charge < -0.3 is 5.32 Å². The Kier molecular flexibility index (Phi) is 6.07. The predicted molar refractivity (Wildman–Crippen MR) is 129 cm³/mol. The van der Waals surface area contributed by atoms with Gasteiger partial charge in [0.15, 0.2) is 0 Å². The summed E-state index contributed by atoms with van der Waals surface area (Å²) in [5, 5.41) is 2.63. The molecule has 1 fully saturated rings. The second-order valence-corrected chi connectivity index (χ2v) is 9.88. The smallest absolute Gasteiger partial charge is 0.255 e. The van der Waals surface area contributed by atoms with E-state index in [1.54, 1.807) is 23.9 Å². The maximum Gasteiger partial charge on any atom is 0.255 e. The highest BCUT2D eigenvalue weighted by atomic mass is 32.2. The molecule has 1 aliphatic heterocycles. The van der Waals surface area contributed by atoms with E-state index in [2.05, 4.69) is 38.2 Å². The summed E-state index contributed by atoms with van der Waals surface area (Å²) in [6, 6.07) is 21.1. The number of carbonyl (C=O) groups excluding carboxylic acids is 2. The van der Waals surface area contributed by atoms with Crippen LogP contribution in [0.1, 0.15) is 47.6 Å². The first-order chi connectivity index (χ1) is 15.2. The summed E-state index contributed by atoms with van der Waals surface area (Å²) >= 11 is 1.56. The van der Waals surface area contributed by atoms with Crippen molar-refractivity contribution in [2.75, 3.05) is 16.0 Å². The minimum Gasteiger partial charge on any atom is -0.322 e. The Labute approximate surface area is 191 Å². The lowest BCUT2D eigenvalue weighted by atomic mass is 9.87. The Morgan fingerprint density at radius 2 is 1.75 bits per heavy atom. The van der Waals surface area contributed by atoms with Crippen LogP contribution in [-0.2, 0) is 10.2 Å². The van der Waals surface area contributed by atoms with E-state index in [4.69, 9.17) is 0 Å². The molecule has 0 bridgehead atoms. The van der Waals surface area contributed by atoms with E-state index in [-0.39, 0.29) is 28.2 Å². The van der Waals surface area contributed by atoms with Crippen molar-refractivity contribution < 1.29 is 14.0 Å². The third-order valence-electron chi connectivity index (χ3n) is 5.40. The van der Waals surface area contributed by atoms with E-state index in [9.17, 15) is 14.0 Å². The molecule has 3 aromatic rings. The summed E-state index contributed by atoms with van der Waals surface area (Å²) in [6.07, 6.45) is 0. The number of hydrogen-bond acceptors (Lipinski definition) is 3. The predicted octanol–water partition coefficient (Wildman–Crippen LogP) is 6.15. The van der Waals surface area contributed by atoms with Crippen LogP contribution in [0, 0.1) is 5.82 Å². The summed E-state index contributed by atoms with van der Waals surface area (Å²) < 4.78 is 13.4. The number of halogens is 1. The third kappa shape index (κ3) is 4.70. The fourth-order valence-corrected chi connectivity index (χ4v) is 4.84. The largest absolute Gasteiger partial charge is 0.322 e. The highest BCUT2D eigenvalue weighted by Gasteiger charge is 2.34. The van der Waals surface area contributed by atoms with E-state index in [0.717, 1.165) is 11.3 Å². The number of amides is 2. The van der Waals surface area contributed by atoms with Gasteiger partial charge in [0, 0.05) is 16.9 Å². The average molecular weight is 449 g/mol. The molecule has 0 spiro atoms. The van der Waals surface area contributed by atoms with Gasteiger partial charge >= 0.3 is 0 Å². The second-order valence-electron chi connectivity index (χ2n) is 8.81. The summed E-state index contributed by atoms with van der Waals surface area (Å²) in [6.45, 7) is 6.47. The van der Waals surface area contributed by atoms with Crippen LogP contribution in [0.2, 0.25) is 0 Å². The number of hydrogen-bond donors (Lipinski definition) is 1. The molecule has 1 N–H and O–H groups in total. The molecule has 6 heteroatoms. The summed E-state index contributed by atoms with van der Waals surface area (Å²) in [7, 11) is 0. The molecule has 164 valence electrons. The SMILES string of the molecule is CC(C)(C)c1ccc(N2C(=O)CS[C@H]2c2cccc(NC(=O)c3cccc(F)c3)c2)cc1. The number of nitrogens with one attached hydrogen (secondary N) is 1. The number of anilines is 2. The summed E-state index contributed by atoms with van der Waals surface area (Å²) in [5.74, 6) is -0.393. The summed E-state index contributed by atoms with van der Waals surface area (Å²) in [5.41, 5.74) is 3.86. The molecular formula is C26H25FN2O2S. The van der Waals surface area contributed by atoms with Crippen LogP contribution in [0.15, 0.2) is 72.8 Å². The number of rotatable bonds is 4. The van der Waals surface area contributed by atoms with Gasteiger partial charge in [-0.3, -0.25) is 14.5 Å². The number of benzene rings is 3. The van der Waals surface area contributed by atoms with Gasteiger partial charge in [-0.25, -0.2) is 4.39 Å². The van der Waals surface area contributed by atoms with E-state index < -0.39 is 5.82 Å². The lowest BCUT2D eigenvalue weighted by Gasteiger charge is -2.26. The summed E-state index contributed by atoms with van der Waals surface area (Å²) in [4.78, 5) is 27.0. The minimum absolute atomic E-state index is 0.0376. The molecule has 0 aromatic heterocycles. The maximum absolute atomic E-state index is 13.4. The standard InChI is InChI=1S/C26H25FN2O2S/c1-26(2,3)19-10-12-22(13-11-19)29-23(30)16-32-25(29)18-7-5-9-21(15-18)28-24(31)17-6-4-8-20(27)14-17/h4-15,25H,16H2,1-3H3,(H,28,31)/t25-/m0/s1.